The highest BCUT2D eigenvalue weighted by atomic mass is 19.1. The summed E-state index contributed by atoms with van der Waals surface area (Å²) >= 11 is 0. The Hall–Kier alpha value is -5.81. The molecule has 268 valence electrons. The lowest BCUT2D eigenvalue weighted by molar-refractivity contribution is -0.116. The Morgan fingerprint density at radius 2 is 2.00 bits per heavy atom. The van der Waals surface area contributed by atoms with Crippen molar-refractivity contribution in [2.45, 2.75) is 51.6 Å². The number of benzene rings is 2. The van der Waals surface area contributed by atoms with Crippen LogP contribution in [0.5, 0.6) is 5.75 Å². The van der Waals surface area contributed by atoms with Crippen molar-refractivity contribution in [3.8, 4) is 23.1 Å². The maximum absolute atomic E-state index is 15.3. The fourth-order valence-corrected chi connectivity index (χ4v) is 7.56. The van der Waals surface area contributed by atoms with Gasteiger partial charge in [0.05, 0.1) is 29.9 Å². The van der Waals surface area contributed by atoms with Gasteiger partial charge in [-0.3, -0.25) is 9.59 Å². The number of hydrogen-bond acceptors (Lipinski definition) is 9. The van der Waals surface area contributed by atoms with Crippen molar-refractivity contribution in [1.29, 1.82) is 5.26 Å². The predicted molar refractivity (Wildman–Crippen MR) is 194 cm³/mol. The molecule has 2 atom stereocenters. The minimum absolute atomic E-state index is 0.00428. The zero-order chi connectivity index (χ0) is 36.7. The molecule has 1 saturated carbocycles. The average Bonchev–Trinajstić information content (AvgIpc) is 3.75. The van der Waals surface area contributed by atoms with E-state index in [0.717, 1.165) is 55.7 Å². The molecule has 52 heavy (non-hydrogen) atoms. The first-order valence-electron chi connectivity index (χ1n) is 17.4. The number of aromatic carboxylic acids is 1. The van der Waals surface area contributed by atoms with Gasteiger partial charge in [0, 0.05) is 62.3 Å². The number of hydrogen-bond donors (Lipinski definition) is 2. The molecule has 0 bridgehead atoms. The molecular formula is C38H39FN8O5. The highest BCUT2D eigenvalue weighted by Crippen LogP contribution is 2.45. The van der Waals surface area contributed by atoms with Crippen molar-refractivity contribution in [2.75, 3.05) is 43.1 Å². The van der Waals surface area contributed by atoms with Gasteiger partial charge in [0.25, 0.3) is 0 Å². The number of methoxy groups -OCH3 is 1. The first-order chi connectivity index (χ1) is 25.1. The predicted octanol–water partition coefficient (Wildman–Crippen LogP) is 5.01. The summed E-state index contributed by atoms with van der Waals surface area (Å²) in [4.78, 5) is 44.0. The monoisotopic (exact) mass is 706 g/mol. The van der Waals surface area contributed by atoms with Crippen LogP contribution in [-0.2, 0) is 4.79 Å². The molecule has 14 heteroatoms. The van der Waals surface area contributed by atoms with E-state index in [9.17, 15) is 19.5 Å². The second-order valence-electron chi connectivity index (χ2n) is 13.4. The number of nitrogens with zero attached hydrogens (tertiary/aromatic N) is 7. The van der Waals surface area contributed by atoms with Crippen molar-refractivity contribution in [2.24, 2.45) is 5.92 Å². The molecule has 2 aromatic carbocycles. The first kappa shape index (κ1) is 34.6. The number of anilines is 2. The second-order valence-corrected chi connectivity index (χ2v) is 13.4. The lowest BCUT2D eigenvalue weighted by Gasteiger charge is -2.25. The number of nitriles is 1. The molecule has 5 heterocycles. The SMILES string of the molecule is CCN(C(C)=O)c1cccc(-c2ccnc3c(C#N)cnn23)c1.COc1c(N2C[C@@H]3CCCN[C@@H]3C2)c(F)cc2c(=O)c(C(=O)O)cn(C3CC3)c12. The lowest BCUT2D eigenvalue weighted by Crippen LogP contribution is -2.40. The number of piperidine rings is 1. The van der Waals surface area contributed by atoms with Gasteiger partial charge in [-0.05, 0) is 69.3 Å². The van der Waals surface area contributed by atoms with Crippen LogP contribution in [0, 0.1) is 23.1 Å². The third-order valence-electron chi connectivity index (χ3n) is 10.2. The highest BCUT2D eigenvalue weighted by molar-refractivity contribution is 5.97. The van der Waals surface area contributed by atoms with Gasteiger partial charge in [-0.1, -0.05) is 12.1 Å². The Morgan fingerprint density at radius 1 is 1.19 bits per heavy atom. The van der Waals surface area contributed by atoms with Crippen molar-refractivity contribution in [1.82, 2.24) is 24.5 Å². The van der Waals surface area contributed by atoms with E-state index in [1.165, 1.54) is 25.6 Å². The van der Waals surface area contributed by atoms with Crippen molar-refractivity contribution in [3.05, 3.63) is 82.2 Å². The number of carboxylic acids is 1. The Kier molecular flexibility index (Phi) is 9.37. The van der Waals surface area contributed by atoms with Gasteiger partial charge in [-0.25, -0.2) is 18.7 Å². The number of nitrogens with one attached hydrogen (secondary N) is 1. The molecule has 0 spiro atoms. The Bertz CT molecular complexity index is 2300. The maximum atomic E-state index is 15.3. The number of carbonyl (C=O) groups excluding carboxylic acids is 1. The molecular weight excluding hydrogens is 667 g/mol. The van der Waals surface area contributed by atoms with E-state index < -0.39 is 17.2 Å². The van der Waals surface area contributed by atoms with E-state index in [-0.39, 0.29) is 22.9 Å². The van der Waals surface area contributed by atoms with Crippen LogP contribution in [0.3, 0.4) is 0 Å². The van der Waals surface area contributed by atoms with Gasteiger partial charge in [0.15, 0.2) is 17.2 Å². The van der Waals surface area contributed by atoms with E-state index >= 15 is 4.39 Å². The molecule has 8 rings (SSSR count). The van der Waals surface area contributed by atoms with Gasteiger partial charge < -0.3 is 29.5 Å². The normalized spacial score (nSPS) is 18.0. The van der Waals surface area contributed by atoms with Crippen molar-refractivity contribution in [3.63, 3.8) is 0 Å². The number of carboxylic acid groups (broad SMARTS) is 1. The van der Waals surface area contributed by atoms with E-state index in [1.807, 2.05) is 42.2 Å². The van der Waals surface area contributed by atoms with Gasteiger partial charge in [-0.2, -0.15) is 10.4 Å². The average molecular weight is 707 g/mol. The second kappa shape index (κ2) is 14.1. The molecule has 2 saturated heterocycles. The Balaban J connectivity index is 0.000000167. The molecule has 0 unspecified atom stereocenters. The van der Waals surface area contributed by atoms with Gasteiger partial charge in [-0.15, -0.1) is 0 Å². The third-order valence-corrected chi connectivity index (χ3v) is 10.2. The number of rotatable bonds is 7. The molecule has 13 nitrogen and oxygen atoms in total. The standard InChI is InChI=1S/C21H24FN3O4.C17H15N5O/c1-29-20-17-13(19(26)14(21(27)28)9-25(17)12-4-5-12)7-15(22)18(20)24-8-11-3-2-6-23-16(11)10-24;1-3-21(12(2)23)15-6-4-5-13(9-15)16-7-8-19-17-14(10-18)11-20-22(16)17/h7,9,11-12,16,23H,2-6,8,10H2,1H3,(H,27,28);4-9,11H,3H2,1-2H3/t11-,16+;/m0./s1. The van der Waals surface area contributed by atoms with Crippen LogP contribution in [-0.4, -0.2) is 75.5 Å². The summed E-state index contributed by atoms with van der Waals surface area (Å²) in [6, 6.07) is 13.2. The molecule has 3 aromatic heterocycles. The van der Waals surface area contributed by atoms with Crippen LogP contribution >= 0.6 is 0 Å². The number of halogens is 1. The molecule has 5 aromatic rings. The molecule has 3 fully saturated rings. The van der Waals surface area contributed by atoms with Crippen LogP contribution in [0.4, 0.5) is 15.8 Å². The van der Waals surface area contributed by atoms with Crippen LogP contribution in [0.1, 0.15) is 61.5 Å². The van der Waals surface area contributed by atoms with E-state index in [2.05, 4.69) is 21.5 Å². The van der Waals surface area contributed by atoms with Crippen LogP contribution in [0.25, 0.3) is 27.8 Å². The quantitative estimate of drug-likeness (QED) is 0.236. The number of fused-ring (bicyclic) bond motifs is 3. The van der Waals surface area contributed by atoms with Gasteiger partial charge in [0.2, 0.25) is 11.3 Å². The molecule has 2 aliphatic heterocycles. The summed E-state index contributed by atoms with van der Waals surface area (Å²) < 4.78 is 24.4. The number of amides is 1. The van der Waals surface area contributed by atoms with Crippen LogP contribution < -0.4 is 25.3 Å². The number of ether oxygens (including phenoxy) is 1. The van der Waals surface area contributed by atoms with Crippen LogP contribution in [0.2, 0.25) is 0 Å². The zero-order valence-corrected chi connectivity index (χ0v) is 29.2. The minimum atomic E-state index is -1.30. The molecule has 0 radical (unpaired) electrons. The summed E-state index contributed by atoms with van der Waals surface area (Å²) in [5.41, 5.74) is 3.35. The maximum Gasteiger partial charge on any atom is 0.341 e. The largest absolute Gasteiger partial charge is 0.492 e. The Labute approximate surface area is 298 Å². The Morgan fingerprint density at radius 3 is 2.67 bits per heavy atom. The third kappa shape index (κ3) is 6.21. The minimum Gasteiger partial charge on any atom is -0.492 e. The zero-order valence-electron chi connectivity index (χ0n) is 29.2. The van der Waals surface area contributed by atoms with E-state index in [4.69, 9.17) is 10.00 Å². The summed E-state index contributed by atoms with van der Waals surface area (Å²) in [5.74, 6) is -1.07. The topological polar surface area (TPSA) is 158 Å². The smallest absolute Gasteiger partial charge is 0.341 e. The highest BCUT2D eigenvalue weighted by Gasteiger charge is 2.38. The lowest BCUT2D eigenvalue weighted by atomic mass is 9.94. The molecule has 3 aliphatic rings. The van der Waals surface area contributed by atoms with Crippen molar-refractivity contribution >= 4 is 39.8 Å². The van der Waals surface area contributed by atoms with Gasteiger partial charge >= 0.3 is 5.97 Å². The summed E-state index contributed by atoms with van der Waals surface area (Å²) in [6.45, 7) is 6.48. The molecule has 1 amide bonds. The number of carbonyl (C=O) groups is 2. The van der Waals surface area contributed by atoms with E-state index in [0.29, 0.717) is 53.2 Å². The first-order valence-corrected chi connectivity index (χ1v) is 17.4. The fraction of sp³-hybridized carbons (Fsp3) is 0.368. The molecule has 1 aliphatic carbocycles. The summed E-state index contributed by atoms with van der Waals surface area (Å²) in [5, 5.41) is 26.4. The summed E-state index contributed by atoms with van der Waals surface area (Å²) in [6.07, 6.45) is 8.56. The fourth-order valence-electron chi connectivity index (χ4n) is 7.56. The summed E-state index contributed by atoms with van der Waals surface area (Å²) in [7, 11) is 1.48. The number of aromatic nitrogens is 4. The van der Waals surface area contributed by atoms with Gasteiger partial charge in [0.1, 0.15) is 22.9 Å². The van der Waals surface area contributed by atoms with Crippen LogP contribution in [0.15, 0.2) is 59.8 Å². The number of pyridine rings is 1. The van der Waals surface area contributed by atoms with Crippen molar-refractivity contribution < 1.29 is 23.8 Å². The van der Waals surface area contributed by atoms with E-state index in [1.54, 1.807) is 27.1 Å². The molecule has 2 N–H and O–H groups in total.